The number of carbonyl (C=O) groups is 2. The first-order chi connectivity index (χ1) is 13.1. The van der Waals surface area contributed by atoms with Gasteiger partial charge in [0.1, 0.15) is 17.3 Å². The number of methoxy groups -OCH3 is 1. The van der Waals surface area contributed by atoms with Crippen LogP contribution in [0.3, 0.4) is 0 Å². The van der Waals surface area contributed by atoms with Crippen LogP contribution in [0, 0.1) is 5.82 Å². The lowest BCUT2D eigenvalue weighted by Gasteiger charge is -2.34. The molecule has 3 rings (SSSR count). The second-order valence-corrected chi connectivity index (χ2v) is 6.29. The summed E-state index contributed by atoms with van der Waals surface area (Å²) in [6.45, 7) is 1.49. The number of benzene rings is 1. The molecule has 7 nitrogen and oxygen atoms in total. The lowest BCUT2D eigenvalue weighted by molar-refractivity contribution is -0.134. The van der Waals surface area contributed by atoms with Crippen LogP contribution < -0.4 is 15.4 Å². The second-order valence-electron chi connectivity index (χ2n) is 6.29. The molecule has 1 fully saturated rings. The molecule has 2 amide bonds. The third-order valence-electron chi connectivity index (χ3n) is 4.49. The summed E-state index contributed by atoms with van der Waals surface area (Å²) in [6.07, 6.45) is 1.52. The maximum atomic E-state index is 14.3. The second kappa shape index (κ2) is 8.68. The number of hydrogen-bond donors (Lipinski definition) is 2. The summed E-state index contributed by atoms with van der Waals surface area (Å²) in [5, 5.41) is 5.50. The zero-order valence-electron chi connectivity index (χ0n) is 15.0. The number of amides is 2. The van der Waals surface area contributed by atoms with Gasteiger partial charge in [0.2, 0.25) is 11.8 Å². The van der Waals surface area contributed by atoms with Crippen molar-refractivity contribution in [3.63, 3.8) is 0 Å². The van der Waals surface area contributed by atoms with Crippen LogP contribution in [0.1, 0.15) is 17.7 Å². The van der Waals surface area contributed by atoms with E-state index < -0.39 is 11.9 Å². The number of nitrogens with one attached hydrogen (secondary N) is 2. The van der Waals surface area contributed by atoms with Crippen LogP contribution in [0.25, 0.3) is 0 Å². The van der Waals surface area contributed by atoms with Crippen LogP contribution in [-0.4, -0.2) is 43.0 Å². The molecule has 1 aliphatic rings. The van der Waals surface area contributed by atoms with Gasteiger partial charge in [0.15, 0.2) is 0 Å². The van der Waals surface area contributed by atoms with Crippen LogP contribution in [0.15, 0.2) is 41.0 Å². The molecular weight excluding hydrogens is 353 g/mol. The lowest BCUT2D eigenvalue weighted by Crippen LogP contribution is -2.56. The maximum Gasteiger partial charge on any atom is 0.237 e. The summed E-state index contributed by atoms with van der Waals surface area (Å²) in [7, 11) is 1.47. The zero-order valence-corrected chi connectivity index (χ0v) is 15.0. The van der Waals surface area contributed by atoms with E-state index in [-0.39, 0.29) is 31.3 Å². The Morgan fingerprint density at radius 1 is 1.44 bits per heavy atom. The van der Waals surface area contributed by atoms with Crippen LogP contribution in [0.4, 0.5) is 4.39 Å². The van der Waals surface area contributed by atoms with E-state index in [0.717, 1.165) is 0 Å². The van der Waals surface area contributed by atoms with Gasteiger partial charge in [0, 0.05) is 31.3 Å². The van der Waals surface area contributed by atoms with E-state index in [4.69, 9.17) is 9.15 Å². The van der Waals surface area contributed by atoms with Crippen molar-refractivity contribution in [1.82, 2.24) is 15.5 Å². The molecule has 0 spiro atoms. The van der Waals surface area contributed by atoms with Crippen molar-refractivity contribution in [3.8, 4) is 5.75 Å². The molecule has 0 radical (unpaired) electrons. The standard InChI is InChI=1S/C19H22FN3O4/c1-26-14-5-4-13(16(20)9-14)12-23-7-6-21-19(25)17(23)10-18(24)22-11-15-3-2-8-27-15/h2-5,8-9,17H,6-7,10-12H2,1H3,(H,21,25)(H,22,24). The Morgan fingerprint density at radius 2 is 2.30 bits per heavy atom. The van der Waals surface area contributed by atoms with Gasteiger partial charge < -0.3 is 19.8 Å². The Labute approximate surface area is 156 Å². The summed E-state index contributed by atoms with van der Waals surface area (Å²) in [6, 6.07) is 7.46. The predicted octanol–water partition coefficient (Wildman–Crippen LogP) is 1.43. The number of halogens is 1. The number of hydrogen-bond acceptors (Lipinski definition) is 5. The molecule has 8 heteroatoms. The van der Waals surface area contributed by atoms with E-state index in [9.17, 15) is 14.0 Å². The number of nitrogens with zero attached hydrogens (tertiary/aromatic N) is 1. The molecule has 144 valence electrons. The Morgan fingerprint density at radius 3 is 3.00 bits per heavy atom. The first-order valence-electron chi connectivity index (χ1n) is 8.70. The van der Waals surface area contributed by atoms with Crippen molar-refractivity contribution in [2.75, 3.05) is 20.2 Å². The van der Waals surface area contributed by atoms with Crippen molar-refractivity contribution in [2.24, 2.45) is 0 Å². The van der Waals surface area contributed by atoms with Gasteiger partial charge in [-0.25, -0.2) is 4.39 Å². The van der Waals surface area contributed by atoms with E-state index in [0.29, 0.717) is 30.2 Å². The van der Waals surface area contributed by atoms with E-state index in [1.807, 2.05) is 4.90 Å². The number of piperazine rings is 1. The summed E-state index contributed by atoms with van der Waals surface area (Å²) in [5.74, 6) is 0.161. The van der Waals surface area contributed by atoms with Gasteiger partial charge in [0.05, 0.1) is 32.4 Å². The van der Waals surface area contributed by atoms with E-state index in [1.165, 1.54) is 19.4 Å². The first-order valence-corrected chi connectivity index (χ1v) is 8.70. The molecule has 2 aromatic rings. The van der Waals surface area contributed by atoms with Crippen LogP contribution in [0.5, 0.6) is 5.75 Å². The molecule has 1 aromatic carbocycles. The van der Waals surface area contributed by atoms with Crippen molar-refractivity contribution < 1.29 is 23.1 Å². The summed E-state index contributed by atoms with van der Waals surface area (Å²) in [5.41, 5.74) is 0.450. The van der Waals surface area contributed by atoms with Gasteiger partial charge >= 0.3 is 0 Å². The largest absolute Gasteiger partial charge is 0.497 e. The normalized spacial score (nSPS) is 17.4. The first kappa shape index (κ1) is 18.9. The molecule has 0 bridgehead atoms. The predicted molar refractivity (Wildman–Crippen MR) is 95.3 cm³/mol. The van der Waals surface area contributed by atoms with Crippen LogP contribution in [0.2, 0.25) is 0 Å². The monoisotopic (exact) mass is 375 g/mol. The third-order valence-corrected chi connectivity index (χ3v) is 4.49. The fourth-order valence-corrected chi connectivity index (χ4v) is 3.02. The van der Waals surface area contributed by atoms with Gasteiger partial charge in [-0.15, -0.1) is 0 Å². The fourth-order valence-electron chi connectivity index (χ4n) is 3.02. The van der Waals surface area contributed by atoms with Gasteiger partial charge in [0.25, 0.3) is 0 Å². The summed E-state index contributed by atoms with van der Waals surface area (Å²) in [4.78, 5) is 26.3. The molecular formula is C19H22FN3O4. The Bertz CT molecular complexity index is 794. The average Bonchev–Trinajstić information content (AvgIpc) is 3.18. The quantitative estimate of drug-likeness (QED) is 0.765. The van der Waals surface area contributed by atoms with E-state index in [2.05, 4.69) is 10.6 Å². The van der Waals surface area contributed by atoms with E-state index >= 15 is 0 Å². The fraction of sp³-hybridized carbons (Fsp3) is 0.368. The Kier molecular flexibility index (Phi) is 6.08. The Balaban J connectivity index is 1.64. The van der Waals surface area contributed by atoms with Gasteiger partial charge in [-0.05, 0) is 18.2 Å². The summed E-state index contributed by atoms with van der Waals surface area (Å²) >= 11 is 0. The van der Waals surface area contributed by atoms with Gasteiger partial charge in [-0.3, -0.25) is 14.5 Å². The highest BCUT2D eigenvalue weighted by Gasteiger charge is 2.32. The van der Waals surface area contributed by atoms with Crippen molar-refractivity contribution in [3.05, 3.63) is 53.7 Å². The van der Waals surface area contributed by atoms with E-state index in [1.54, 1.807) is 24.3 Å². The summed E-state index contributed by atoms with van der Waals surface area (Å²) < 4.78 is 24.4. The number of carbonyl (C=O) groups excluding carboxylic acids is 2. The minimum atomic E-state index is -0.656. The number of furan rings is 1. The van der Waals surface area contributed by atoms with Gasteiger partial charge in [-0.1, -0.05) is 6.07 Å². The molecule has 1 aromatic heterocycles. The lowest BCUT2D eigenvalue weighted by atomic mass is 10.1. The number of rotatable bonds is 7. The smallest absolute Gasteiger partial charge is 0.237 e. The SMILES string of the molecule is COc1ccc(CN2CCNC(=O)C2CC(=O)NCc2ccco2)c(F)c1. The minimum Gasteiger partial charge on any atom is -0.497 e. The maximum absolute atomic E-state index is 14.3. The average molecular weight is 375 g/mol. The molecule has 1 unspecified atom stereocenters. The number of ether oxygens (including phenoxy) is 1. The van der Waals surface area contributed by atoms with Crippen molar-refractivity contribution in [2.45, 2.75) is 25.6 Å². The molecule has 1 aliphatic heterocycles. The molecule has 27 heavy (non-hydrogen) atoms. The third kappa shape index (κ3) is 4.85. The molecule has 2 heterocycles. The van der Waals surface area contributed by atoms with Gasteiger partial charge in [-0.2, -0.15) is 0 Å². The zero-order chi connectivity index (χ0) is 19.2. The Hall–Kier alpha value is -2.87. The van der Waals surface area contributed by atoms with Crippen molar-refractivity contribution >= 4 is 11.8 Å². The molecule has 0 aliphatic carbocycles. The minimum absolute atomic E-state index is 0.00961. The van der Waals surface area contributed by atoms with Crippen molar-refractivity contribution in [1.29, 1.82) is 0 Å². The topological polar surface area (TPSA) is 83.8 Å². The molecule has 0 saturated carbocycles. The molecule has 1 atom stereocenters. The van der Waals surface area contributed by atoms with Crippen LogP contribution in [-0.2, 0) is 22.7 Å². The molecule has 2 N–H and O–H groups in total. The van der Waals surface area contributed by atoms with Crippen LogP contribution >= 0.6 is 0 Å². The highest BCUT2D eigenvalue weighted by molar-refractivity contribution is 5.88. The highest BCUT2D eigenvalue weighted by atomic mass is 19.1. The highest BCUT2D eigenvalue weighted by Crippen LogP contribution is 2.20. The molecule has 1 saturated heterocycles.